The molecular weight excluding hydrogens is 314 g/mol. The number of halogens is 1. The molecule has 3 aromatic rings. The van der Waals surface area contributed by atoms with Gasteiger partial charge in [0.25, 0.3) is 0 Å². The second kappa shape index (κ2) is 6.67. The zero-order valence-corrected chi connectivity index (χ0v) is 13.2. The molecule has 0 aliphatic carbocycles. The van der Waals surface area contributed by atoms with Crippen LogP contribution in [0.4, 0.5) is 0 Å². The molecule has 0 N–H and O–H groups in total. The van der Waals surface area contributed by atoms with Crippen LogP contribution in [0, 0.1) is 0 Å². The Balaban J connectivity index is 1.73. The maximum atomic E-state index is 12.2. The summed E-state index contributed by atoms with van der Waals surface area (Å²) in [6.45, 7) is 0.187. The van der Waals surface area contributed by atoms with Gasteiger partial charge >= 0.3 is 5.97 Å². The molecular formula is C18H14ClNO3. The fourth-order valence-electron chi connectivity index (χ4n) is 2.22. The molecule has 0 saturated heterocycles. The second-order valence-corrected chi connectivity index (χ2v) is 5.36. The number of pyridine rings is 1. The first-order chi connectivity index (χ1) is 11.2. The third-order valence-corrected chi connectivity index (χ3v) is 3.61. The molecule has 0 aliphatic heterocycles. The monoisotopic (exact) mass is 327 g/mol. The Morgan fingerprint density at radius 3 is 2.83 bits per heavy atom. The molecule has 116 valence electrons. The lowest BCUT2D eigenvalue weighted by atomic mass is 10.1. The molecule has 0 aliphatic rings. The minimum Gasteiger partial charge on any atom is -0.497 e. The summed E-state index contributed by atoms with van der Waals surface area (Å²) >= 11 is 5.85. The fraction of sp³-hybridized carbons (Fsp3) is 0.111. The van der Waals surface area contributed by atoms with Gasteiger partial charge in [-0.1, -0.05) is 23.7 Å². The highest BCUT2D eigenvalue weighted by atomic mass is 35.5. The highest BCUT2D eigenvalue weighted by molar-refractivity contribution is 6.29. The number of nitrogens with zero attached hydrogens (tertiary/aromatic N) is 1. The molecule has 0 spiro atoms. The Bertz CT molecular complexity index is 864. The fourth-order valence-corrected chi connectivity index (χ4v) is 2.38. The number of fused-ring (bicyclic) bond motifs is 1. The summed E-state index contributed by atoms with van der Waals surface area (Å²) in [5.74, 6) is 0.344. The maximum absolute atomic E-state index is 12.2. The van der Waals surface area contributed by atoms with Crippen LogP contribution in [0.25, 0.3) is 10.9 Å². The number of carbonyl (C=O) groups is 1. The number of ether oxygens (including phenoxy) is 2. The largest absolute Gasteiger partial charge is 0.497 e. The van der Waals surface area contributed by atoms with Crippen molar-refractivity contribution in [2.24, 2.45) is 0 Å². The van der Waals surface area contributed by atoms with E-state index >= 15 is 0 Å². The predicted octanol–water partition coefficient (Wildman–Crippen LogP) is 4.25. The lowest BCUT2D eigenvalue weighted by Gasteiger charge is -2.07. The summed E-state index contributed by atoms with van der Waals surface area (Å²) in [5.41, 5.74) is 2.08. The van der Waals surface area contributed by atoms with Crippen molar-refractivity contribution in [3.05, 3.63) is 70.9 Å². The van der Waals surface area contributed by atoms with E-state index in [4.69, 9.17) is 21.1 Å². The molecule has 2 aromatic carbocycles. The summed E-state index contributed by atoms with van der Waals surface area (Å²) < 4.78 is 10.5. The van der Waals surface area contributed by atoms with Crippen molar-refractivity contribution in [2.75, 3.05) is 7.11 Å². The highest BCUT2D eigenvalue weighted by Gasteiger charge is 2.09. The van der Waals surface area contributed by atoms with E-state index in [-0.39, 0.29) is 12.6 Å². The standard InChI is InChI=1S/C18H14ClNO3/c1-22-15-4-2-3-12(9-15)11-23-18(21)14-5-7-16-13(10-14)6-8-17(19)20-16/h2-10H,11H2,1H3. The van der Waals surface area contributed by atoms with Crippen LogP contribution in [0.2, 0.25) is 5.15 Å². The van der Waals surface area contributed by atoms with E-state index in [1.165, 1.54) is 0 Å². The molecule has 0 unspecified atom stereocenters. The number of hydrogen-bond donors (Lipinski definition) is 0. The third-order valence-electron chi connectivity index (χ3n) is 3.39. The van der Waals surface area contributed by atoms with Gasteiger partial charge in [0.15, 0.2) is 0 Å². The van der Waals surface area contributed by atoms with Crippen LogP contribution in [0.5, 0.6) is 5.75 Å². The average Bonchev–Trinajstić information content (AvgIpc) is 2.59. The Morgan fingerprint density at radius 1 is 1.13 bits per heavy atom. The van der Waals surface area contributed by atoms with Gasteiger partial charge in [0, 0.05) is 5.39 Å². The minimum absolute atomic E-state index is 0.187. The number of methoxy groups -OCH3 is 1. The Morgan fingerprint density at radius 2 is 2.00 bits per heavy atom. The van der Waals surface area contributed by atoms with Gasteiger partial charge in [-0.05, 0) is 48.0 Å². The van der Waals surface area contributed by atoms with Crippen molar-refractivity contribution in [2.45, 2.75) is 6.61 Å². The first kappa shape index (κ1) is 15.3. The van der Waals surface area contributed by atoms with E-state index in [0.717, 1.165) is 22.2 Å². The first-order valence-corrected chi connectivity index (χ1v) is 7.40. The van der Waals surface area contributed by atoms with Crippen molar-refractivity contribution >= 4 is 28.5 Å². The van der Waals surface area contributed by atoms with Crippen molar-refractivity contribution in [3.8, 4) is 5.75 Å². The van der Waals surface area contributed by atoms with Gasteiger partial charge in [0.1, 0.15) is 17.5 Å². The Hall–Kier alpha value is -2.59. The average molecular weight is 328 g/mol. The van der Waals surface area contributed by atoms with Crippen LogP contribution in [-0.4, -0.2) is 18.1 Å². The number of aromatic nitrogens is 1. The molecule has 23 heavy (non-hydrogen) atoms. The number of hydrogen-bond acceptors (Lipinski definition) is 4. The molecule has 3 rings (SSSR count). The van der Waals surface area contributed by atoms with E-state index in [0.29, 0.717) is 10.7 Å². The Labute approximate surface area is 138 Å². The van der Waals surface area contributed by atoms with E-state index in [9.17, 15) is 4.79 Å². The van der Waals surface area contributed by atoms with Crippen LogP contribution in [0.1, 0.15) is 15.9 Å². The molecule has 0 saturated carbocycles. The van der Waals surface area contributed by atoms with Crippen LogP contribution >= 0.6 is 11.6 Å². The van der Waals surface area contributed by atoms with Crippen LogP contribution in [0.3, 0.4) is 0 Å². The van der Waals surface area contributed by atoms with Crippen molar-refractivity contribution < 1.29 is 14.3 Å². The normalized spacial score (nSPS) is 10.5. The number of rotatable bonds is 4. The van der Waals surface area contributed by atoms with Gasteiger partial charge in [-0.3, -0.25) is 0 Å². The van der Waals surface area contributed by atoms with Crippen molar-refractivity contribution in [3.63, 3.8) is 0 Å². The molecule has 1 heterocycles. The quantitative estimate of drug-likeness (QED) is 0.531. The Kier molecular flexibility index (Phi) is 4.44. The van der Waals surface area contributed by atoms with Crippen molar-refractivity contribution in [1.82, 2.24) is 4.98 Å². The molecule has 5 heteroatoms. The zero-order valence-electron chi connectivity index (χ0n) is 12.5. The molecule has 0 radical (unpaired) electrons. The minimum atomic E-state index is -0.385. The SMILES string of the molecule is COc1cccc(COC(=O)c2ccc3nc(Cl)ccc3c2)c1. The molecule has 1 aromatic heterocycles. The van der Waals surface area contributed by atoms with Crippen LogP contribution in [0.15, 0.2) is 54.6 Å². The summed E-state index contributed by atoms with van der Waals surface area (Å²) in [7, 11) is 1.60. The van der Waals surface area contributed by atoms with Crippen LogP contribution in [-0.2, 0) is 11.3 Å². The summed E-state index contributed by atoms with van der Waals surface area (Å²) in [5, 5.41) is 1.26. The third kappa shape index (κ3) is 3.60. The molecule has 0 fully saturated rings. The summed E-state index contributed by atoms with van der Waals surface area (Å²) in [6.07, 6.45) is 0. The maximum Gasteiger partial charge on any atom is 0.338 e. The van der Waals surface area contributed by atoms with E-state index < -0.39 is 0 Å². The van der Waals surface area contributed by atoms with E-state index in [1.54, 1.807) is 31.4 Å². The molecule has 0 bridgehead atoms. The number of benzene rings is 2. The predicted molar refractivity (Wildman–Crippen MR) is 88.9 cm³/mol. The lowest BCUT2D eigenvalue weighted by Crippen LogP contribution is -2.05. The van der Waals surface area contributed by atoms with Gasteiger partial charge in [-0.25, -0.2) is 9.78 Å². The van der Waals surface area contributed by atoms with Gasteiger partial charge in [0.2, 0.25) is 0 Å². The van der Waals surface area contributed by atoms with E-state index in [1.807, 2.05) is 30.3 Å². The highest BCUT2D eigenvalue weighted by Crippen LogP contribution is 2.18. The topological polar surface area (TPSA) is 48.4 Å². The molecule has 0 amide bonds. The molecule has 4 nitrogen and oxygen atoms in total. The molecule has 0 atom stereocenters. The summed E-state index contributed by atoms with van der Waals surface area (Å²) in [6, 6.07) is 16.1. The van der Waals surface area contributed by atoms with Crippen molar-refractivity contribution in [1.29, 1.82) is 0 Å². The van der Waals surface area contributed by atoms with Gasteiger partial charge in [0.05, 0.1) is 18.2 Å². The smallest absolute Gasteiger partial charge is 0.338 e. The van der Waals surface area contributed by atoms with Crippen LogP contribution < -0.4 is 4.74 Å². The number of carbonyl (C=O) groups excluding carboxylic acids is 1. The lowest BCUT2D eigenvalue weighted by molar-refractivity contribution is 0.0472. The second-order valence-electron chi connectivity index (χ2n) is 4.97. The van der Waals surface area contributed by atoms with E-state index in [2.05, 4.69) is 4.98 Å². The van der Waals surface area contributed by atoms with Gasteiger partial charge in [-0.2, -0.15) is 0 Å². The van der Waals surface area contributed by atoms with Gasteiger partial charge in [-0.15, -0.1) is 0 Å². The first-order valence-electron chi connectivity index (χ1n) is 7.02. The number of esters is 1. The van der Waals surface area contributed by atoms with Gasteiger partial charge < -0.3 is 9.47 Å². The summed E-state index contributed by atoms with van der Waals surface area (Å²) in [4.78, 5) is 16.4. The zero-order chi connectivity index (χ0) is 16.2.